The molecule has 0 spiro atoms. The van der Waals surface area contributed by atoms with Crippen LogP contribution in [0.2, 0.25) is 5.02 Å². The van der Waals surface area contributed by atoms with E-state index in [2.05, 4.69) is 11.4 Å². The molecule has 41 heavy (non-hydrogen) atoms. The van der Waals surface area contributed by atoms with Crippen LogP contribution in [0, 0.1) is 0 Å². The van der Waals surface area contributed by atoms with Gasteiger partial charge in [-0.25, -0.2) is 0 Å². The van der Waals surface area contributed by atoms with Crippen LogP contribution in [-0.2, 0) is 20.2 Å². The minimum absolute atomic E-state index is 0.281. The summed E-state index contributed by atoms with van der Waals surface area (Å²) in [6.07, 6.45) is 2.42. The first-order valence-corrected chi connectivity index (χ1v) is 17.2. The fourth-order valence-electron chi connectivity index (χ4n) is 4.38. The summed E-state index contributed by atoms with van der Waals surface area (Å²) < 4.78 is 62.8. The molecule has 1 heterocycles. The van der Waals surface area contributed by atoms with Crippen molar-refractivity contribution in [2.75, 3.05) is 36.5 Å². The van der Waals surface area contributed by atoms with Gasteiger partial charge in [0.15, 0.2) is 0 Å². The van der Waals surface area contributed by atoms with Gasteiger partial charge in [-0.15, -0.1) is 11.3 Å². The highest BCUT2D eigenvalue weighted by Gasteiger charge is 2.13. The molecule has 3 N–H and O–H groups in total. The molecule has 0 radical (unpaired) electrons. The Bertz CT molecular complexity index is 1830. The van der Waals surface area contributed by atoms with Gasteiger partial charge in [0, 0.05) is 52.2 Å². The fourth-order valence-corrected chi connectivity index (χ4v) is 6.69. The summed E-state index contributed by atoms with van der Waals surface area (Å²) in [7, 11) is -6.07. The van der Waals surface area contributed by atoms with E-state index in [1.54, 1.807) is 11.3 Å². The van der Waals surface area contributed by atoms with E-state index in [0.29, 0.717) is 31.0 Å². The summed E-state index contributed by atoms with van der Waals surface area (Å²) in [6, 6.07) is 24.1. The lowest BCUT2D eigenvalue weighted by molar-refractivity contribution is 0.479. The third-order valence-electron chi connectivity index (χ3n) is 6.41. The highest BCUT2D eigenvalue weighted by atomic mass is 35.5. The van der Waals surface area contributed by atoms with Crippen LogP contribution < -0.4 is 20.7 Å². The average molecular weight is 635 g/mol. The standard InChI is InChI=1S/C29H31ClN2O6S3/c1-32(15-3-17-41(36,37)38)26-11-8-23(9-12-26)29(28-19-24-18-25(30)10-13-27(24)39-28)22-6-4-21(5-7-22)20-31-14-2-16-40(33,34)35/h4-13,18-20,31H,2-3,14-17H2,1H3,(H,33,34,35)(H,36,37,38). The molecule has 3 aromatic carbocycles. The van der Waals surface area contributed by atoms with Gasteiger partial charge >= 0.3 is 0 Å². The van der Waals surface area contributed by atoms with Gasteiger partial charge in [0.05, 0.1) is 11.5 Å². The Hall–Kier alpha value is -2.93. The van der Waals surface area contributed by atoms with Crippen molar-refractivity contribution in [3.8, 4) is 0 Å². The van der Waals surface area contributed by atoms with Crippen LogP contribution in [0.15, 0.2) is 72.8 Å². The zero-order valence-electron chi connectivity index (χ0n) is 22.3. The Balaban J connectivity index is 1.65. The van der Waals surface area contributed by atoms with E-state index in [4.69, 9.17) is 20.7 Å². The molecule has 1 aromatic heterocycles. The van der Waals surface area contributed by atoms with Gasteiger partial charge in [-0.05, 0) is 70.6 Å². The summed E-state index contributed by atoms with van der Waals surface area (Å²) in [5.41, 5.74) is 2.99. The number of fused-ring (bicyclic) bond motifs is 1. The van der Waals surface area contributed by atoms with E-state index in [1.165, 1.54) is 0 Å². The summed E-state index contributed by atoms with van der Waals surface area (Å²) in [5, 5.41) is 6.75. The van der Waals surface area contributed by atoms with E-state index >= 15 is 0 Å². The highest BCUT2D eigenvalue weighted by Crippen LogP contribution is 2.34. The van der Waals surface area contributed by atoms with Crippen molar-refractivity contribution in [2.24, 2.45) is 0 Å². The Morgan fingerprint density at radius 3 is 2.22 bits per heavy atom. The molecule has 0 fully saturated rings. The van der Waals surface area contributed by atoms with Crippen molar-refractivity contribution < 1.29 is 25.9 Å². The van der Waals surface area contributed by atoms with Crippen LogP contribution in [0.5, 0.6) is 0 Å². The van der Waals surface area contributed by atoms with Crippen molar-refractivity contribution in [1.82, 2.24) is 5.32 Å². The lowest BCUT2D eigenvalue weighted by Gasteiger charge is -2.19. The number of benzene rings is 3. The number of nitrogens with zero attached hydrogens (tertiary/aromatic N) is 1. The largest absolute Gasteiger partial charge is 0.390 e. The van der Waals surface area contributed by atoms with Crippen LogP contribution >= 0.6 is 22.9 Å². The van der Waals surface area contributed by atoms with Crippen LogP contribution in [0.25, 0.3) is 21.9 Å². The number of nitrogens with one attached hydrogen (secondary N) is 1. The maximum Gasteiger partial charge on any atom is 0.264 e. The van der Waals surface area contributed by atoms with Gasteiger partial charge in [-0.1, -0.05) is 48.0 Å². The van der Waals surface area contributed by atoms with Gasteiger partial charge in [0.2, 0.25) is 0 Å². The SMILES string of the molecule is CN(CCCS(=O)(=O)O)c1ccc(C(c2cc3cc(Cl)ccc3s2)=c2ccc(=CNCCCS(=O)(=O)O)cc2)cc1. The number of halogens is 1. The van der Waals surface area contributed by atoms with Crippen molar-refractivity contribution in [3.63, 3.8) is 0 Å². The smallest absolute Gasteiger partial charge is 0.264 e. The van der Waals surface area contributed by atoms with Crippen LogP contribution in [0.3, 0.4) is 0 Å². The molecular formula is C29H31ClN2O6S3. The third-order valence-corrected chi connectivity index (χ3v) is 9.39. The van der Waals surface area contributed by atoms with E-state index in [0.717, 1.165) is 42.2 Å². The number of thiophene rings is 1. The zero-order chi connectivity index (χ0) is 29.6. The minimum atomic E-state index is -3.99. The Morgan fingerprint density at radius 2 is 1.56 bits per heavy atom. The fraction of sp³-hybridized carbons (Fsp3) is 0.241. The number of hydrogen-bond acceptors (Lipinski definition) is 7. The molecule has 4 aromatic rings. The first-order valence-electron chi connectivity index (χ1n) is 12.8. The number of anilines is 1. The first-order chi connectivity index (χ1) is 19.4. The van der Waals surface area contributed by atoms with Crippen LogP contribution in [0.4, 0.5) is 5.69 Å². The monoisotopic (exact) mass is 634 g/mol. The van der Waals surface area contributed by atoms with E-state index < -0.39 is 20.2 Å². The Labute approximate surface area is 249 Å². The maximum atomic E-state index is 11.0. The topological polar surface area (TPSA) is 124 Å². The lowest BCUT2D eigenvalue weighted by Crippen LogP contribution is -2.21. The van der Waals surface area contributed by atoms with Gasteiger partial charge in [0.25, 0.3) is 20.2 Å². The summed E-state index contributed by atoms with van der Waals surface area (Å²) in [6.45, 7) is 0.897. The van der Waals surface area contributed by atoms with Crippen molar-refractivity contribution >= 4 is 70.7 Å². The predicted octanol–water partition coefficient (Wildman–Crippen LogP) is 4.12. The van der Waals surface area contributed by atoms with Crippen molar-refractivity contribution in [3.05, 3.63) is 98.7 Å². The second-order valence-electron chi connectivity index (χ2n) is 9.64. The van der Waals surface area contributed by atoms with Crippen LogP contribution in [0.1, 0.15) is 23.3 Å². The number of rotatable bonds is 12. The van der Waals surface area contributed by atoms with Gasteiger partial charge in [-0.3, -0.25) is 9.11 Å². The van der Waals surface area contributed by atoms with Gasteiger partial charge < -0.3 is 10.2 Å². The van der Waals surface area contributed by atoms with Crippen LogP contribution in [-0.4, -0.2) is 57.6 Å². The summed E-state index contributed by atoms with van der Waals surface area (Å²) >= 11 is 7.92. The average Bonchev–Trinajstić information content (AvgIpc) is 3.31. The molecule has 0 saturated heterocycles. The molecule has 0 aliphatic heterocycles. The van der Waals surface area contributed by atoms with Gasteiger partial charge in [0.1, 0.15) is 0 Å². The lowest BCUT2D eigenvalue weighted by atomic mass is 10.00. The van der Waals surface area contributed by atoms with E-state index in [-0.39, 0.29) is 11.5 Å². The third kappa shape index (κ3) is 9.29. The molecule has 218 valence electrons. The zero-order valence-corrected chi connectivity index (χ0v) is 25.5. The minimum Gasteiger partial charge on any atom is -0.390 e. The molecule has 0 amide bonds. The first kappa shape index (κ1) is 31.0. The molecule has 0 saturated carbocycles. The molecule has 8 nitrogen and oxygen atoms in total. The second-order valence-corrected chi connectivity index (χ2v) is 14.3. The molecular weight excluding hydrogens is 604 g/mol. The maximum absolute atomic E-state index is 11.0. The molecule has 0 bridgehead atoms. The Morgan fingerprint density at radius 1 is 0.902 bits per heavy atom. The Kier molecular flexibility index (Phi) is 10.1. The van der Waals surface area contributed by atoms with E-state index in [1.807, 2.05) is 84.9 Å². The highest BCUT2D eigenvalue weighted by molar-refractivity contribution is 7.86. The molecule has 0 aliphatic rings. The molecule has 4 rings (SSSR count). The summed E-state index contributed by atoms with van der Waals surface area (Å²) in [5.74, 6) is -0.568. The molecule has 12 heteroatoms. The molecule has 0 unspecified atom stereocenters. The second kappa shape index (κ2) is 13.4. The quantitative estimate of drug-likeness (QED) is 0.157. The van der Waals surface area contributed by atoms with E-state index in [9.17, 15) is 16.8 Å². The normalized spacial score (nSPS) is 11.9. The van der Waals surface area contributed by atoms with Crippen molar-refractivity contribution in [2.45, 2.75) is 12.8 Å². The predicted molar refractivity (Wildman–Crippen MR) is 168 cm³/mol. The van der Waals surface area contributed by atoms with Crippen molar-refractivity contribution in [1.29, 1.82) is 0 Å². The molecule has 0 atom stereocenters. The number of hydrogen-bond donors (Lipinski definition) is 3. The van der Waals surface area contributed by atoms with Gasteiger partial charge in [-0.2, -0.15) is 16.8 Å². The molecule has 0 aliphatic carbocycles. The summed E-state index contributed by atoms with van der Waals surface area (Å²) in [4.78, 5) is 3.03.